The van der Waals surface area contributed by atoms with E-state index in [2.05, 4.69) is 6.58 Å². The molecule has 0 spiro atoms. The van der Waals surface area contributed by atoms with E-state index in [1.165, 1.54) is 4.90 Å². The molecule has 1 fully saturated rings. The molecule has 0 aromatic heterocycles. The molecule has 20 heavy (non-hydrogen) atoms. The lowest BCUT2D eigenvalue weighted by atomic mass is 9.93. The van der Waals surface area contributed by atoms with Crippen LogP contribution in [0.4, 0.5) is 4.79 Å². The third kappa shape index (κ3) is 3.26. The first-order valence-corrected chi connectivity index (χ1v) is 6.95. The van der Waals surface area contributed by atoms with E-state index >= 15 is 0 Å². The lowest BCUT2D eigenvalue weighted by molar-refractivity contribution is 0.0835. The molecule has 2 unspecified atom stereocenters. The Labute approximate surface area is 127 Å². The van der Waals surface area contributed by atoms with E-state index in [4.69, 9.17) is 27.9 Å². The Kier molecular flexibility index (Phi) is 4.91. The summed E-state index contributed by atoms with van der Waals surface area (Å²) >= 11 is 11.9. The summed E-state index contributed by atoms with van der Waals surface area (Å²) in [4.78, 5) is 12.5. The van der Waals surface area contributed by atoms with E-state index in [1.54, 1.807) is 18.2 Å². The molecule has 0 radical (unpaired) electrons. The molecule has 6 heteroatoms. The number of ether oxygens (including phenoxy) is 1. The number of hydrogen-bond donors (Lipinski definition) is 1. The molecule has 108 valence electrons. The first-order valence-electron chi connectivity index (χ1n) is 6.20. The number of nitrogens with zero attached hydrogens (tertiary/aromatic N) is 1. The standard InChI is InChI=1S/C14H15Cl2NO3/c1-2-13-10(8-17(14(18)19)5-6-20-13)9-3-4-11(15)12(16)7-9/h2-4,7,10,13H,1,5-6,8H2,(H,18,19). The van der Waals surface area contributed by atoms with Crippen LogP contribution in [0, 0.1) is 0 Å². The summed E-state index contributed by atoms with van der Waals surface area (Å²) in [7, 11) is 0. The van der Waals surface area contributed by atoms with E-state index in [-0.39, 0.29) is 12.0 Å². The van der Waals surface area contributed by atoms with Gasteiger partial charge >= 0.3 is 6.09 Å². The highest BCUT2D eigenvalue weighted by Gasteiger charge is 2.29. The van der Waals surface area contributed by atoms with Gasteiger partial charge < -0.3 is 14.7 Å². The van der Waals surface area contributed by atoms with Gasteiger partial charge in [-0.25, -0.2) is 4.79 Å². The van der Waals surface area contributed by atoms with E-state index in [1.807, 2.05) is 6.07 Å². The first kappa shape index (κ1) is 15.2. The normalized spacial score (nSPS) is 23.2. The molecule has 1 heterocycles. The largest absolute Gasteiger partial charge is 0.465 e. The topological polar surface area (TPSA) is 49.8 Å². The lowest BCUT2D eigenvalue weighted by Crippen LogP contribution is -2.34. The highest BCUT2D eigenvalue weighted by atomic mass is 35.5. The summed E-state index contributed by atoms with van der Waals surface area (Å²) in [5.74, 6) is -0.152. The van der Waals surface area contributed by atoms with Crippen LogP contribution in [0.15, 0.2) is 30.9 Å². The zero-order valence-electron chi connectivity index (χ0n) is 10.8. The quantitative estimate of drug-likeness (QED) is 0.848. The molecule has 1 aliphatic heterocycles. The highest BCUT2D eigenvalue weighted by Crippen LogP contribution is 2.31. The van der Waals surface area contributed by atoms with Gasteiger partial charge in [-0.1, -0.05) is 35.3 Å². The summed E-state index contributed by atoms with van der Waals surface area (Å²) in [6.07, 6.45) is 0.485. The van der Waals surface area contributed by atoms with Crippen molar-refractivity contribution in [1.29, 1.82) is 0 Å². The fraction of sp³-hybridized carbons (Fsp3) is 0.357. The Balaban J connectivity index is 2.33. The van der Waals surface area contributed by atoms with E-state index in [0.717, 1.165) is 5.56 Å². The smallest absolute Gasteiger partial charge is 0.407 e. The first-order chi connectivity index (χ1) is 9.52. The minimum atomic E-state index is -0.955. The summed E-state index contributed by atoms with van der Waals surface area (Å²) in [6, 6.07) is 5.29. The second-order valence-electron chi connectivity index (χ2n) is 4.58. The van der Waals surface area contributed by atoms with Crippen LogP contribution in [0.1, 0.15) is 11.5 Å². The minimum Gasteiger partial charge on any atom is -0.465 e. The second kappa shape index (κ2) is 6.48. The predicted octanol–water partition coefficient (Wildman–Crippen LogP) is 3.64. The third-order valence-corrected chi connectivity index (χ3v) is 4.10. The average Bonchev–Trinajstić information content (AvgIpc) is 2.64. The van der Waals surface area contributed by atoms with Crippen molar-refractivity contribution in [3.8, 4) is 0 Å². The Morgan fingerprint density at radius 3 is 2.80 bits per heavy atom. The number of benzene rings is 1. The van der Waals surface area contributed by atoms with Crippen LogP contribution in [-0.4, -0.2) is 41.9 Å². The van der Waals surface area contributed by atoms with Gasteiger partial charge in [0.25, 0.3) is 0 Å². The van der Waals surface area contributed by atoms with Gasteiger partial charge in [0.1, 0.15) is 0 Å². The highest BCUT2D eigenvalue weighted by molar-refractivity contribution is 6.42. The van der Waals surface area contributed by atoms with Gasteiger partial charge in [-0.15, -0.1) is 6.58 Å². The zero-order chi connectivity index (χ0) is 14.7. The fourth-order valence-corrected chi connectivity index (χ4v) is 2.60. The van der Waals surface area contributed by atoms with Crippen molar-refractivity contribution in [1.82, 2.24) is 4.90 Å². The summed E-state index contributed by atoms with van der Waals surface area (Å²) in [5.41, 5.74) is 0.887. The number of rotatable bonds is 2. The van der Waals surface area contributed by atoms with Crippen LogP contribution in [-0.2, 0) is 4.74 Å². The van der Waals surface area contributed by atoms with Crippen LogP contribution in [0.2, 0.25) is 10.0 Å². The molecule has 4 nitrogen and oxygen atoms in total. The SMILES string of the molecule is C=CC1OCCN(C(=O)O)CC1c1ccc(Cl)c(Cl)c1. The molecular weight excluding hydrogens is 301 g/mol. The van der Waals surface area contributed by atoms with Crippen LogP contribution in [0.5, 0.6) is 0 Å². The maximum Gasteiger partial charge on any atom is 0.407 e. The molecule has 2 rings (SSSR count). The predicted molar refractivity (Wildman–Crippen MR) is 78.7 cm³/mol. The third-order valence-electron chi connectivity index (χ3n) is 3.36. The molecule has 1 aromatic carbocycles. The molecule has 1 aliphatic rings. The summed E-state index contributed by atoms with van der Waals surface area (Å²) < 4.78 is 5.67. The average molecular weight is 316 g/mol. The summed E-state index contributed by atoms with van der Waals surface area (Å²) in [6.45, 7) is 4.79. The van der Waals surface area contributed by atoms with Crippen molar-refractivity contribution in [3.63, 3.8) is 0 Å². The molecular formula is C14H15Cl2NO3. The maximum absolute atomic E-state index is 11.2. The Bertz CT molecular complexity index is 521. The monoisotopic (exact) mass is 315 g/mol. The fourth-order valence-electron chi connectivity index (χ4n) is 2.29. The molecule has 0 bridgehead atoms. The zero-order valence-corrected chi connectivity index (χ0v) is 12.3. The van der Waals surface area contributed by atoms with Crippen molar-refractivity contribution in [2.45, 2.75) is 12.0 Å². The minimum absolute atomic E-state index is 0.152. The molecule has 0 aliphatic carbocycles. The van der Waals surface area contributed by atoms with Crippen LogP contribution < -0.4 is 0 Å². The van der Waals surface area contributed by atoms with E-state index in [9.17, 15) is 9.90 Å². The number of amides is 1. The lowest BCUT2D eigenvalue weighted by Gasteiger charge is -2.25. The molecule has 1 aromatic rings. The number of halogens is 2. The maximum atomic E-state index is 11.2. The van der Waals surface area contributed by atoms with Crippen LogP contribution in [0.3, 0.4) is 0 Å². The number of carbonyl (C=O) groups is 1. The van der Waals surface area contributed by atoms with Crippen molar-refractivity contribution in [2.75, 3.05) is 19.7 Å². The molecule has 1 N–H and O–H groups in total. The van der Waals surface area contributed by atoms with E-state index in [0.29, 0.717) is 29.7 Å². The van der Waals surface area contributed by atoms with Crippen molar-refractivity contribution >= 4 is 29.3 Å². The van der Waals surface area contributed by atoms with Gasteiger partial charge in [0, 0.05) is 19.0 Å². The molecule has 0 saturated carbocycles. The summed E-state index contributed by atoms with van der Waals surface area (Å²) in [5, 5.41) is 10.1. The Hall–Kier alpha value is -1.23. The second-order valence-corrected chi connectivity index (χ2v) is 5.39. The van der Waals surface area contributed by atoms with Gasteiger partial charge in [0.15, 0.2) is 0 Å². The molecule has 1 saturated heterocycles. The molecule has 2 atom stereocenters. The molecule has 1 amide bonds. The van der Waals surface area contributed by atoms with Crippen LogP contribution >= 0.6 is 23.2 Å². The van der Waals surface area contributed by atoms with Crippen molar-refractivity contribution in [3.05, 3.63) is 46.5 Å². The Morgan fingerprint density at radius 2 is 2.20 bits per heavy atom. The Morgan fingerprint density at radius 1 is 1.45 bits per heavy atom. The number of hydrogen-bond acceptors (Lipinski definition) is 2. The van der Waals surface area contributed by atoms with Gasteiger partial charge in [-0.2, -0.15) is 0 Å². The van der Waals surface area contributed by atoms with Crippen LogP contribution in [0.25, 0.3) is 0 Å². The van der Waals surface area contributed by atoms with Crippen molar-refractivity contribution in [2.24, 2.45) is 0 Å². The van der Waals surface area contributed by atoms with Crippen molar-refractivity contribution < 1.29 is 14.6 Å². The van der Waals surface area contributed by atoms with E-state index < -0.39 is 6.09 Å². The van der Waals surface area contributed by atoms with Gasteiger partial charge in [0.2, 0.25) is 0 Å². The van der Waals surface area contributed by atoms with Gasteiger partial charge in [-0.3, -0.25) is 0 Å². The number of carboxylic acid groups (broad SMARTS) is 1. The van der Waals surface area contributed by atoms with Gasteiger partial charge in [0.05, 0.1) is 22.8 Å². The van der Waals surface area contributed by atoms with Gasteiger partial charge in [-0.05, 0) is 17.7 Å².